The van der Waals surface area contributed by atoms with Crippen LogP contribution < -0.4 is 0 Å². The first kappa shape index (κ1) is 18.3. The van der Waals surface area contributed by atoms with Crippen molar-refractivity contribution in [2.75, 3.05) is 13.1 Å². The number of hydrogen-bond acceptors (Lipinski definition) is 3. The molecule has 0 saturated carbocycles. The van der Waals surface area contributed by atoms with Crippen LogP contribution in [0.1, 0.15) is 37.3 Å². The molecule has 1 aromatic carbocycles. The molecule has 23 heavy (non-hydrogen) atoms. The minimum absolute atomic E-state index is 0.00474. The van der Waals surface area contributed by atoms with Crippen LogP contribution in [0.5, 0.6) is 0 Å². The van der Waals surface area contributed by atoms with Gasteiger partial charge in [0.1, 0.15) is 4.62 Å². The number of halogens is 4. The highest BCUT2D eigenvalue weighted by molar-refractivity contribution is 9.18. The normalized spacial score (nSPS) is 24.0. The van der Waals surface area contributed by atoms with E-state index < -0.39 is 11.7 Å². The van der Waals surface area contributed by atoms with Crippen molar-refractivity contribution in [3.63, 3.8) is 0 Å². The highest BCUT2D eigenvalue weighted by Gasteiger charge is 2.33. The third-order valence-corrected chi connectivity index (χ3v) is 4.67. The Labute approximate surface area is 142 Å². The fourth-order valence-corrected chi connectivity index (χ4v) is 3.83. The van der Waals surface area contributed by atoms with E-state index in [1.807, 2.05) is 0 Å². The van der Waals surface area contributed by atoms with E-state index in [4.69, 9.17) is 5.21 Å². The minimum Gasteiger partial charge on any atom is -0.410 e. The van der Waals surface area contributed by atoms with Gasteiger partial charge < -0.3 is 5.21 Å². The van der Waals surface area contributed by atoms with Crippen molar-refractivity contribution in [2.24, 2.45) is 10.6 Å². The number of piperidine rings is 1. The van der Waals surface area contributed by atoms with E-state index >= 15 is 0 Å². The van der Waals surface area contributed by atoms with Gasteiger partial charge in [0.2, 0.25) is 0 Å². The summed E-state index contributed by atoms with van der Waals surface area (Å²) in [6, 6.07) is 5.35. The van der Waals surface area contributed by atoms with Crippen LogP contribution in [0.2, 0.25) is 0 Å². The van der Waals surface area contributed by atoms with Crippen LogP contribution in [0.4, 0.5) is 13.2 Å². The van der Waals surface area contributed by atoms with Gasteiger partial charge in [-0.15, -0.1) is 0 Å². The molecular weight excluding hydrogens is 373 g/mol. The first-order valence-corrected chi connectivity index (χ1v) is 8.26. The molecule has 0 unspecified atom stereocenters. The Kier molecular flexibility index (Phi) is 5.73. The molecule has 0 amide bonds. The SMILES string of the molecule is C[C@]1(C/C(Br)=N\O)CCCN(Cc2ccc(C(F)(F)F)cc2)C1. The second-order valence-corrected chi connectivity index (χ2v) is 7.39. The van der Waals surface area contributed by atoms with Crippen LogP contribution in [-0.2, 0) is 12.7 Å². The van der Waals surface area contributed by atoms with Crippen molar-refractivity contribution < 1.29 is 18.4 Å². The molecule has 3 nitrogen and oxygen atoms in total. The molecule has 0 bridgehead atoms. The maximum absolute atomic E-state index is 12.6. The molecular formula is C16H20BrF3N2O. The van der Waals surface area contributed by atoms with E-state index in [0.29, 0.717) is 17.6 Å². The van der Waals surface area contributed by atoms with Crippen LogP contribution in [0.15, 0.2) is 29.4 Å². The smallest absolute Gasteiger partial charge is 0.410 e. The van der Waals surface area contributed by atoms with Crippen molar-refractivity contribution in [3.8, 4) is 0 Å². The first-order valence-electron chi connectivity index (χ1n) is 7.47. The zero-order valence-corrected chi connectivity index (χ0v) is 14.5. The maximum Gasteiger partial charge on any atom is 0.416 e. The van der Waals surface area contributed by atoms with Gasteiger partial charge in [-0.3, -0.25) is 4.90 Å². The molecule has 7 heteroatoms. The average molecular weight is 393 g/mol. The second-order valence-electron chi connectivity index (χ2n) is 6.47. The van der Waals surface area contributed by atoms with Gasteiger partial charge in [-0.05, 0) is 58.4 Å². The lowest BCUT2D eigenvalue weighted by Gasteiger charge is -2.40. The number of oxime groups is 1. The number of nitrogens with zero attached hydrogens (tertiary/aromatic N) is 2. The monoisotopic (exact) mass is 392 g/mol. The average Bonchev–Trinajstić information content (AvgIpc) is 2.46. The van der Waals surface area contributed by atoms with E-state index in [9.17, 15) is 13.2 Å². The molecule has 1 aromatic rings. The molecule has 1 fully saturated rings. The molecule has 1 heterocycles. The lowest BCUT2D eigenvalue weighted by atomic mass is 9.79. The Hall–Kier alpha value is -1.08. The summed E-state index contributed by atoms with van der Waals surface area (Å²) in [5.41, 5.74) is 0.250. The van der Waals surface area contributed by atoms with Gasteiger partial charge in [-0.25, -0.2) is 0 Å². The number of alkyl halides is 3. The fraction of sp³-hybridized carbons (Fsp3) is 0.562. The molecule has 1 atom stereocenters. The number of likely N-dealkylation sites (tertiary alicyclic amines) is 1. The molecule has 0 spiro atoms. The maximum atomic E-state index is 12.6. The third-order valence-electron chi connectivity index (χ3n) is 4.23. The van der Waals surface area contributed by atoms with Crippen molar-refractivity contribution in [1.82, 2.24) is 4.90 Å². The number of hydrogen-bond donors (Lipinski definition) is 1. The Balaban J connectivity index is 2.00. The predicted octanol–water partition coefficient (Wildman–Crippen LogP) is 4.88. The van der Waals surface area contributed by atoms with Crippen LogP contribution in [0.25, 0.3) is 0 Å². The molecule has 0 aromatic heterocycles. The van der Waals surface area contributed by atoms with Gasteiger partial charge in [-0.2, -0.15) is 13.2 Å². The molecule has 128 valence electrons. The first-order chi connectivity index (χ1) is 10.7. The molecule has 1 aliphatic heterocycles. The summed E-state index contributed by atoms with van der Waals surface area (Å²) in [4.78, 5) is 2.24. The molecule has 1 saturated heterocycles. The van der Waals surface area contributed by atoms with E-state index in [2.05, 4.69) is 32.9 Å². The van der Waals surface area contributed by atoms with E-state index in [1.165, 1.54) is 0 Å². The van der Waals surface area contributed by atoms with Gasteiger partial charge in [0.05, 0.1) is 5.56 Å². The minimum atomic E-state index is -4.29. The summed E-state index contributed by atoms with van der Waals surface area (Å²) in [7, 11) is 0. The second kappa shape index (κ2) is 7.21. The quantitative estimate of drug-likeness (QED) is 0.450. The van der Waals surface area contributed by atoms with Gasteiger partial charge >= 0.3 is 6.18 Å². The summed E-state index contributed by atoms with van der Waals surface area (Å²) < 4.78 is 38.3. The summed E-state index contributed by atoms with van der Waals surface area (Å²) in [6.45, 7) is 4.50. The summed E-state index contributed by atoms with van der Waals surface area (Å²) in [5.74, 6) is 0. The number of benzene rings is 1. The largest absolute Gasteiger partial charge is 0.416 e. The zero-order chi connectivity index (χ0) is 17.1. The standard InChI is InChI=1S/C16H20BrF3N2O/c1-15(9-14(17)21-23)7-2-8-22(11-15)10-12-3-5-13(6-4-12)16(18,19)20/h3-6,23H,2,7-11H2,1H3/b21-14+/t15-/m1/s1. The number of rotatable bonds is 4. The zero-order valence-electron chi connectivity index (χ0n) is 12.9. The van der Waals surface area contributed by atoms with E-state index in [0.717, 1.165) is 43.6 Å². The van der Waals surface area contributed by atoms with Crippen molar-refractivity contribution in [3.05, 3.63) is 35.4 Å². The van der Waals surface area contributed by atoms with E-state index in [1.54, 1.807) is 12.1 Å². The van der Waals surface area contributed by atoms with Gasteiger partial charge in [0.25, 0.3) is 0 Å². The van der Waals surface area contributed by atoms with Crippen LogP contribution in [-0.4, -0.2) is 27.8 Å². The van der Waals surface area contributed by atoms with Crippen molar-refractivity contribution >= 4 is 20.6 Å². The van der Waals surface area contributed by atoms with Crippen molar-refractivity contribution in [1.29, 1.82) is 0 Å². The molecule has 2 rings (SSSR count). The lowest BCUT2D eigenvalue weighted by Crippen LogP contribution is -2.41. The predicted molar refractivity (Wildman–Crippen MR) is 86.8 cm³/mol. The van der Waals surface area contributed by atoms with Crippen LogP contribution in [0, 0.1) is 5.41 Å². The van der Waals surface area contributed by atoms with Crippen LogP contribution in [0.3, 0.4) is 0 Å². The van der Waals surface area contributed by atoms with Crippen molar-refractivity contribution in [2.45, 2.75) is 38.9 Å². The lowest BCUT2D eigenvalue weighted by molar-refractivity contribution is -0.137. The Morgan fingerprint density at radius 3 is 2.57 bits per heavy atom. The fourth-order valence-electron chi connectivity index (χ4n) is 3.15. The van der Waals surface area contributed by atoms with Gasteiger partial charge in [-0.1, -0.05) is 24.2 Å². The highest BCUT2D eigenvalue weighted by Crippen LogP contribution is 2.35. The Bertz CT molecular complexity index is 559. The topological polar surface area (TPSA) is 35.8 Å². The molecule has 0 aliphatic carbocycles. The van der Waals surface area contributed by atoms with Crippen LogP contribution >= 0.6 is 15.9 Å². The molecule has 0 radical (unpaired) electrons. The van der Waals surface area contributed by atoms with E-state index in [-0.39, 0.29) is 5.41 Å². The highest BCUT2D eigenvalue weighted by atomic mass is 79.9. The summed E-state index contributed by atoms with van der Waals surface area (Å²) in [6.07, 6.45) is -1.60. The van der Waals surface area contributed by atoms with Gasteiger partial charge in [0, 0.05) is 19.5 Å². The summed E-state index contributed by atoms with van der Waals surface area (Å²) >= 11 is 3.24. The Morgan fingerprint density at radius 1 is 1.35 bits per heavy atom. The Morgan fingerprint density at radius 2 is 2.00 bits per heavy atom. The summed E-state index contributed by atoms with van der Waals surface area (Å²) in [5, 5.41) is 12.0. The molecule has 1 aliphatic rings. The third kappa shape index (κ3) is 5.21. The van der Waals surface area contributed by atoms with Gasteiger partial charge in [0.15, 0.2) is 0 Å². The molecule has 1 N–H and O–H groups in total.